The van der Waals surface area contributed by atoms with Crippen LogP contribution in [-0.2, 0) is 0 Å². The van der Waals surface area contributed by atoms with Crippen molar-refractivity contribution in [2.24, 2.45) is 0 Å². The van der Waals surface area contributed by atoms with Gasteiger partial charge in [0.1, 0.15) is 28.6 Å². The average molecular weight is 809 g/mol. The van der Waals surface area contributed by atoms with Crippen molar-refractivity contribution in [1.82, 2.24) is 0 Å². The van der Waals surface area contributed by atoms with Crippen molar-refractivity contribution >= 4 is 134 Å². The largest absolute Gasteiger partial charge is 0.468 e. The molecule has 0 radical (unpaired) electrons. The van der Waals surface area contributed by atoms with Crippen molar-refractivity contribution < 1.29 is 13.9 Å². The molecule has 0 unspecified atom stereocenters. The first-order valence-electron chi connectivity index (χ1n) is 21.1. The summed E-state index contributed by atoms with van der Waals surface area (Å²) in [5, 5.41) is 7.11. The van der Waals surface area contributed by atoms with Crippen LogP contribution in [0.5, 0.6) is 23.0 Å². The number of thiophene rings is 1. The summed E-state index contributed by atoms with van der Waals surface area (Å²) in [5.41, 5.74) is 13.0. The number of furan rings is 1. The summed E-state index contributed by atoms with van der Waals surface area (Å²) in [6, 6.07) is 65.3. The van der Waals surface area contributed by atoms with Gasteiger partial charge >= 0.3 is 6.71 Å². The van der Waals surface area contributed by atoms with E-state index in [9.17, 15) is 0 Å². The lowest BCUT2D eigenvalue weighted by Crippen LogP contribution is -2.62. The van der Waals surface area contributed by atoms with E-state index in [-0.39, 0.29) is 13.4 Å². The van der Waals surface area contributed by atoms with Crippen molar-refractivity contribution in [2.75, 3.05) is 9.80 Å². The van der Waals surface area contributed by atoms with E-state index >= 15 is 0 Å². The van der Waals surface area contributed by atoms with E-state index in [0.717, 1.165) is 84.5 Å². The van der Waals surface area contributed by atoms with Gasteiger partial charge in [-0.05, 0) is 81.8 Å². The van der Waals surface area contributed by atoms with Crippen LogP contribution in [0.1, 0.15) is 0 Å². The maximum atomic E-state index is 7.11. The first-order chi connectivity index (χ1) is 30.8. The van der Waals surface area contributed by atoms with Crippen molar-refractivity contribution in [3.05, 3.63) is 182 Å². The van der Waals surface area contributed by atoms with Crippen LogP contribution in [-0.4, -0.2) is 13.4 Å². The Balaban J connectivity index is 0.990. The van der Waals surface area contributed by atoms with Crippen LogP contribution >= 0.6 is 11.3 Å². The number of nitrogens with zero attached hydrogens (tertiary/aromatic N) is 2. The minimum absolute atomic E-state index is 0.0727. The van der Waals surface area contributed by atoms with E-state index in [1.54, 1.807) is 0 Å². The molecule has 5 nitrogen and oxygen atoms in total. The first-order valence-corrected chi connectivity index (χ1v) is 22.0. The number of hydrogen-bond donors (Lipinski definition) is 0. The van der Waals surface area contributed by atoms with E-state index in [4.69, 9.17) is 13.9 Å². The standard InChI is InChI=1S/C54H30B2N2O3S/c1-3-17-33-31(13-1)15-9-21-39(33)57-41-23-11-26-44-49(41)55(53-51(57)35-19-5-7-25-43(35)61-53)37-29-38-47(30-46(37)59-44)60-45-27-12-24-42-50(45)56(38)54-52(36-20-6-8-28-48(36)62-54)58(42)40-22-10-16-32-14-2-4-18-34(32)40/h1-30H. The number of ether oxygens (including phenoxy) is 2. The molecule has 4 aliphatic heterocycles. The van der Waals surface area contributed by atoms with Gasteiger partial charge in [-0.3, -0.25) is 0 Å². The molecule has 2 aromatic heterocycles. The van der Waals surface area contributed by atoms with Crippen LogP contribution in [0.3, 0.4) is 0 Å². The molecule has 4 aliphatic rings. The molecule has 15 rings (SSSR count). The zero-order valence-electron chi connectivity index (χ0n) is 33.0. The second-order valence-corrected chi connectivity index (χ2v) is 17.7. The van der Waals surface area contributed by atoms with Crippen molar-refractivity contribution in [1.29, 1.82) is 0 Å². The molecule has 6 heterocycles. The maximum Gasteiger partial charge on any atom is 0.301 e. The third-order valence-electron chi connectivity index (χ3n) is 13.5. The van der Waals surface area contributed by atoms with Crippen LogP contribution in [0.15, 0.2) is 186 Å². The number of benzene rings is 9. The van der Waals surface area contributed by atoms with Crippen LogP contribution in [0, 0.1) is 0 Å². The third-order valence-corrected chi connectivity index (χ3v) is 14.8. The third kappa shape index (κ3) is 4.24. The van der Waals surface area contributed by atoms with Crippen LogP contribution < -0.4 is 51.6 Å². The highest BCUT2D eigenvalue weighted by atomic mass is 32.1. The van der Waals surface area contributed by atoms with Gasteiger partial charge in [-0.25, -0.2) is 0 Å². The van der Waals surface area contributed by atoms with Crippen LogP contribution in [0.25, 0.3) is 42.6 Å². The molecule has 0 bridgehead atoms. The molecule has 0 fully saturated rings. The van der Waals surface area contributed by atoms with Crippen molar-refractivity contribution in [3.63, 3.8) is 0 Å². The topological polar surface area (TPSA) is 38.1 Å². The maximum absolute atomic E-state index is 7.11. The number of fused-ring (bicyclic) bond motifs is 14. The van der Waals surface area contributed by atoms with Gasteiger partial charge in [-0.15, -0.1) is 11.3 Å². The van der Waals surface area contributed by atoms with Crippen molar-refractivity contribution in [3.8, 4) is 23.0 Å². The Morgan fingerprint density at radius 3 is 1.61 bits per heavy atom. The summed E-state index contributed by atoms with van der Waals surface area (Å²) in [4.78, 5) is 4.90. The molecule has 9 aromatic carbocycles. The molecule has 0 aliphatic carbocycles. The normalized spacial score (nSPS) is 13.9. The lowest BCUT2D eigenvalue weighted by molar-refractivity contribution is 0.465. The molecule has 0 saturated carbocycles. The lowest BCUT2D eigenvalue weighted by atomic mass is 9.33. The number of para-hydroxylation sites is 1. The number of rotatable bonds is 2. The first kappa shape index (κ1) is 33.1. The Hall–Kier alpha value is -7.67. The molecule has 0 spiro atoms. The fraction of sp³-hybridized carbons (Fsp3) is 0. The van der Waals surface area contributed by atoms with Gasteiger partial charge in [0.2, 0.25) is 0 Å². The zero-order valence-corrected chi connectivity index (χ0v) is 33.8. The Morgan fingerprint density at radius 2 is 0.919 bits per heavy atom. The van der Waals surface area contributed by atoms with E-state index in [2.05, 4.69) is 192 Å². The lowest BCUT2D eigenvalue weighted by Gasteiger charge is -2.40. The summed E-state index contributed by atoms with van der Waals surface area (Å²) in [5.74, 6) is 3.30. The molecular weight excluding hydrogens is 778 g/mol. The van der Waals surface area contributed by atoms with Gasteiger partial charge in [0.25, 0.3) is 6.71 Å². The van der Waals surface area contributed by atoms with Gasteiger partial charge < -0.3 is 23.7 Å². The highest BCUT2D eigenvalue weighted by Crippen LogP contribution is 2.49. The molecule has 11 aromatic rings. The predicted molar refractivity (Wildman–Crippen MR) is 258 cm³/mol. The van der Waals surface area contributed by atoms with E-state index in [0.29, 0.717) is 0 Å². The van der Waals surface area contributed by atoms with E-state index in [1.165, 1.54) is 47.6 Å². The predicted octanol–water partition coefficient (Wildman–Crippen LogP) is 10.8. The summed E-state index contributed by atoms with van der Waals surface area (Å²) in [6.45, 7) is -0.297. The highest BCUT2D eigenvalue weighted by Gasteiger charge is 2.49. The Bertz CT molecular complexity index is 3530. The monoisotopic (exact) mass is 808 g/mol. The zero-order chi connectivity index (χ0) is 40.2. The molecule has 0 amide bonds. The molecule has 62 heavy (non-hydrogen) atoms. The van der Waals surface area contributed by atoms with Gasteiger partial charge in [0, 0.05) is 53.9 Å². The highest BCUT2D eigenvalue weighted by molar-refractivity contribution is 7.33. The summed E-state index contributed by atoms with van der Waals surface area (Å²) >= 11 is 1.89. The Morgan fingerprint density at radius 1 is 0.403 bits per heavy atom. The molecule has 0 N–H and O–H groups in total. The smallest absolute Gasteiger partial charge is 0.301 e. The van der Waals surface area contributed by atoms with E-state index < -0.39 is 0 Å². The SMILES string of the molecule is c1cc2c3c(c1)N(c1cccc4ccccc14)c1c(oc4ccccc14)B3c1cc3c(cc1O2)Oc1cccc2c1B3c1sc3ccccc3c1N2c1cccc2ccccc12. The fourth-order valence-corrected chi connectivity index (χ4v) is 12.4. The van der Waals surface area contributed by atoms with Crippen LogP contribution in [0.4, 0.5) is 34.1 Å². The summed E-state index contributed by atoms with van der Waals surface area (Å²) < 4.78 is 23.7. The second kappa shape index (κ2) is 12.0. The second-order valence-electron chi connectivity index (χ2n) is 16.7. The quantitative estimate of drug-likeness (QED) is 0.163. The van der Waals surface area contributed by atoms with Crippen LogP contribution in [0.2, 0.25) is 0 Å². The number of hydrogen-bond acceptors (Lipinski definition) is 6. The molecule has 0 saturated heterocycles. The summed E-state index contributed by atoms with van der Waals surface area (Å²) in [6.07, 6.45) is 0. The van der Waals surface area contributed by atoms with E-state index in [1.807, 2.05) is 11.3 Å². The molecule has 8 heteroatoms. The molecule has 0 atom stereocenters. The summed E-state index contributed by atoms with van der Waals surface area (Å²) in [7, 11) is 0. The number of anilines is 6. The molecule has 286 valence electrons. The Labute approximate surface area is 360 Å². The van der Waals surface area contributed by atoms with Gasteiger partial charge in [-0.1, -0.05) is 121 Å². The minimum Gasteiger partial charge on any atom is -0.468 e. The van der Waals surface area contributed by atoms with Crippen molar-refractivity contribution in [2.45, 2.75) is 0 Å². The minimum atomic E-state index is -0.224. The molecular formula is C54H30B2N2O3S. The average Bonchev–Trinajstić information content (AvgIpc) is 3.90. The van der Waals surface area contributed by atoms with Gasteiger partial charge in [-0.2, -0.15) is 0 Å². The van der Waals surface area contributed by atoms with Gasteiger partial charge in [0.15, 0.2) is 0 Å². The van der Waals surface area contributed by atoms with Gasteiger partial charge in [0.05, 0.1) is 28.4 Å². The fourth-order valence-electron chi connectivity index (χ4n) is 11.0. The Kier molecular flexibility index (Phi) is 6.40.